The molecule has 0 unspecified atom stereocenters. The van der Waals surface area contributed by atoms with Gasteiger partial charge in [-0.1, -0.05) is 11.8 Å². The van der Waals surface area contributed by atoms with Crippen LogP contribution in [0.1, 0.15) is 31.7 Å². The summed E-state index contributed by atoms with van der Waals surface area (Å²) >= 11 is 1.41. The molecule has 16 heavy (non-hydrogen) atoms. The lowest BCUT2D eigenvalue weighted by molar-refractivity contribution is -0.118. The van der Waals surface area contributed by atoms with Crippen molar-refractivity contribution in [2.24, 2.45) is 0 Å². The number of nitrogens with one attached hydrogen (secondary N) is 1. The number of hydrogen-bond acceptors (Lipinski definition) is 5. The van der Waals surface area contributed by atoms with Gasteiger partial charge in [0.15, 0.2) is 0 Å². The van der Waals surface area contributed by atoms with E-state index < -0.39 is 0 Å². The maximum absolute atomic E-state index is 11.5. The Labute approximate surface area is 97.2 Å². The van der Waals surface area contributed by atoms with Crippen LogP contribution in [0.3, 0.4) is 0 Å². The monoisotopic (exact) mass is 239 g/mol. The summed E-state index contributed by atoms with van der Waals surface area (Å²) in [5.41, 5.74) is 0. The smallest absolute Gasteiger partial charge is 0.230 e. The van der Waals surface area contributed by atoms with Gasteiger partial charge < -0.3 is 5.32 Å². The van der Waals surface area contributed by atoms with E-state index in [1.54, 1.807) is 0 Å². The Morgan fingerprint density at radius 3 is 2.94 bits per heavy atom. The predicted molar refractivity (Wildman–Crippen MR) is 58.0 cm³/mol. The summed E-state index contributed by atoms with van der Waals surface area (Å²) in [6, 6.07) is 0.886. The van der Waals surface area contributed by atoms with Gasteiger partial charge in [0, 0.05) is 6.04 Å². The predicted octanol–water partition coefficient (Wildman–Crippen LogP) is 0.379. The minimum absolute atomic E-state index is 0.0813. The third-order valence-corrected chi connectivity index (χ3v) is 3.56. The van der Waals surface area contributed by atoms with Crippen molar-refractivity contribution in [1.82, 2.24) is 25.5 Å². The van der Waals surface area contributed by atoms with Crippen molar-refractivity contribution in [3.63, 3.8) is 0 Å². The second-order valence-corrected chi connectivity index (χ2v) is 5.21. The van der Waals surface area contributed by atoms with Crippen molar-refractivity contribution in [3.8, 4) is 0 Å². The molecular formula is C9H13N5OS. The van der Waals surface area contributed by atoms with E-state index in [1.807, 2.05) is 4.68 Å². The Hall–Kier alpha value is -1.11. The van der Waals surface area contributed by atoms with E-state index in [4.69, 9.17) is 0 Å². The second kappa shape index (κ2) is 4.04. The van der Waals surface area contributed by atoms with E-state index in [0.717, 1.165) is 30.8 Å². The SMILES string of the molecule is O=C(CSc1nnnn1C1CC1)NC1CC1. The number of thioether (sulfide) groups is 1. The summed E-state index contributed by atoms with van der Waals surface area (Å²) in [4.78, 5) is 11.5. The van der Waals surface area contributed by atoms with Gasteiger partial charge in [-0.2, -0.15) is 0 Å². The largest absolute Gasteiger partial charge is 0.353 e. The molecule has 2 saturated carbocycles. The zero-order valence-electron chi connectivity index (χ0n) is 8.80. The standard InChI is InChI=1S/C9H13N5OS/c15-8(10-6-1-2-6)5-16-9-11-12-13-14(9)7-3-4-7/h6-7H,1-5H2,(H,10,15). The van der Waals surface area contributed by atoms with Crippen LogP contribution < -0.4 is 5.32 Å². The number of rotatable bonds is 5. The fraction of sp³-hybridized carbons (Fsp3) is 0.778. The minimum Gasteiger partial charge on any atom is -0.353 e. The second-order valence-electron chi connectivity index (χ2n) is 4.27. The van der Waals surface area contributed by atoms with Gasteiger partial charge in [0.2, 0.25) is 11.1 Å². The molecule has 0 saturated heterocycles. The van der Waals surface area contributed by atoms with E-state index in [9.17, 15) is 4.79 Å². The van der Waals surface area contributed by atoms with E-state index in [-0.39, 0.29) is 5.91 Å². The molecule has 86 valence electrons. The summed E-state index contributed by atoms with van der Waals surface area (Å²) in [6.45, 7) is 0. The zero-order valence-corrected chi connectivity index (χ0v) is 9.61. The van der Waals surface area contributed by atoms with Crippen LogP contribution >= 0.6 is 11.8 Å². The average Bonchev–Trinajstić information content (AvgIpc) is 3.18. The molecular weight excluding hydrogens is 226 g/mol. The van der Waals surface area contributed by atoms with Gasteiger partial charge in [-0.3, -0.25) is 4.79 Å². The number of aromatic nitrogens is 4. The van der Waals surface area contributed by atoms with Crippen LogP contribution in [0.5, 0.6) is 0 Å². The molecule has 1 aromatic rings. The van der Waals surface area contributed by atoms with Crippen molar-refractivity contribution in [1.29, 1.82) is 0 Å². The Morgan fingerprint density at radius 1 is 1.44 bits per heavy atom. The molecule has 0 bridgehead atoms. The lowest BCUT2D eigenvalue weighted by Gasteiger charge is -2.03. The van der Waals surface area contributed by atoms with Crippen molar-refractivity contribution in [2.45, 2.75) is 42.9 Å². The van der Waals surface area contributed by atoms with Gasteiger partial charge in [-0.05, 0) is 36.1 Å². The van der Waals surface area contributed by atoms with Gasteiger partial charge in [-0.25, -0.2) is 4.68 Å². The lowest BCUT2D eigenvalue weighted by Crippen LogP contribution is -2.27. The van der Waals surface area contributed by atoms with E-state index in [0.29, 0.717) is 17.8 Å². The van der Waals surface area contributed by atoms with Crippen LogP contribution in [-0.2, 0) is 4.79 Å². The van der Waals surface area contributed by atoms with Crippen LogP contribution in [0.2, 0.25) is 0 Å². The van der Waals surface area contributed by atoms with E-state index >= 15 is 0 Å². The molecule has 0 aliphatic heterocycles. The lowest BCUT2D eigenvalue weighted by atomic mass is 10.6. The zero-order chi connectivity index (χ0) is 11.0. The van der Waals surface area contributed by atoms with Gasteiger partial charge in [0.05, 0.1) is 11.8 Å². The van der Waals surface area contributed by atoms with Crippen molar-refractivity contribution >= 4 is 17.7 Å². The fourth-order valence-electron chi connectivity index (χ4n) is 1.46. The molecule has 1 amide bonds. The molecule has 1 aromatic heterocycles. The Morgan fingerprint density at radius 2 is 2.25 bits per heavy atom. The molecule has 2 aliphatic rings. The van der Waals surface area contributed by atoms with Crippen LogP contribution in [0.15, 0.2) is 5.16 Å². The summed E-state index contributed by atoms with van der Waals surface area (Å²) in [5, 5.41) is 15.2. The minimum atomic E-state index is 0.0813. The molecule has 7 heteroatoms. The number of tetrazole rings is 1. The van der Waals surface area contributed by atoms with E-state index in [2.05, 4.69) is 20.8 Å². The first-order valence-electron chi connectivity index (χ1n) is 5.53. The molecule has 2 fully saturated rings. The quantitative estimate of drug-likeness (QED) is 0.752. The number of hydrogen-bond donors (Lipinski definition) is 1. The van der Waals surface area contributed by atoms with Crippen LogP contribution in [0.4, 0.5) is 0 Å². The average molecular weight is 239 g/mol. The first-order valence-corrected chi connectivity index (χ1v) is 6.51. The summed E-state index contributed by atoms with van der Waals surface area (Å²) < 4.78 is 1.83. The van der Waals surface area contributed by atoms with Gasteiger partial charge in [0.1, 0.15) is 0 Å². The van der Waals surface area contributed by atoms with Gasteiger partial charge in [0.25, 0.3) is 0 Å². The summed E-state index contributed by atoms with van der Waals surface area (Å²) in [5.74, 6) is 0.488. The maximum Gasteiger partial charge on any atom is 0.230 e. The highest BCUT2D eigenvalue weighted by molar-refractivity contribution is 7.99. The fourth-order valence-corrected chi connectivity index (χ4v) is 2.21. The molecule has 3 rings (SSSR count). The Balaban J connectivity index is 1.52. The first kappa shape index (κ1) is 10.1. The highest BCUT2D eigenvalue weighted by Gasteiger charge is 2.28. The molecule has 1 N–H and O–H groups in total. The molecule has 0 atom stereocenters. The third kappa shape index (κ3) is 2.34. The molecule has 0 radical (unpaired) electrons. The summed E-state index contributed by atoms with van der Waals surface area (Å²) in [6.07, 6.45) is 4.53. The molecule has 6 nitrogen and oxygen atoms in total. The third-order valence-electron chi connectivity index (χ3n) is 2.63. The molecule has 0 aromatic carbocycles. The number of carbonyl (C=O) groups is 1. The topological polar surface area (TPSA) is 72.7 Å². The van der Waals surface area contributed by atoms with E-state index in [1.165, 1.54) is 11.8 Å². The van der Waals surface area contributed by atoms with Crippen LogP contribution in [0, 0.1) is 0 Å². The van der Waals surface area contributed by atoms with Crippen molar-refractivity contribution in [3.05, 3.63) is 0 Å². The Bertz CT molecular complexity index is 398. The first-order chi connectivity index (χ1) is 7.83. The Kier molecular flexibility index (Phi) is 2.55. The van der Waals surface area contributed by atoms with Gasteiger partial charge >= 0.3 is 0 Å². The summed E-state index contributed by atoms with van der Waals surface area (Å²) in [7, 11) is 0. The number of amides is 1. The highest BCUT2D eigenvalue weighted by Crippen LogP contribution is 2.36. The molecule has 2 aliphatic carbocycles. The van der Waals surface area contributed by atoms with Crippen LogP contribution in [-0.4, -0.2) is 37.9 Å². The highest BCUT2D eigenvalue weighted by atomic mass is 32.2. The number of carbonyl (C=O) groups excluding carboxylic acids is 1. The molecule has 0 spiro atoms. The van der Waals surface area contributed by atoms with Gasteiger partial charge in [-0.15, -0.1) is 5.10 Å². The van der Waals surface area contributed by atoms with Crippen molar-refractivity contribution < 1.29 is 4.79 Å². The normalized spacial score (nSPS) is 19.8. The van der Waals surface area contributed by atoms with Crippen molar-refractivity contribution in [2.75, 3.05) is 5.75 Å². The number of nitrogens with zero attached hydrogens (tertiary/aromatic N) is 4. The van der Waals surface area contributed by atoms with Crippen LogP contribution in [0.25, 0.3) is 0 Å². The molecule has 1 heterocycles. The maximum atomic E-state index is 11.5.